The summed E-state index contributed by atoms with van der Waals surface area (Å²) in [6, 6.07) is 45.6. The van der Waals surface area contributed by atoms with Crippen molar-refractivity contribution in [1.82, 2.24) is 10.6 Å². The van der Waals surface area contributed by atoms with E-state index in [1.807, 2.05) is 6.07 Å². The number of fused-ring (bicyclic) bond motifs is 10. The topological polar surface area (TPSA) is 62.7 Å². The maximum Gasteiger partial charge on any atom is 0.145 e. The van der Waals surface area contributed by atoms with Gasteiger partial charge in [0, 0.05) is 39.1 Å². The fourth-order valence-electron chi connectivity index (χ4n) is 8.99. The number of nitrogens with one attached hydrogen (secondary N) is 2. The van der Waals surface area contributed by atoms with Crippen LogP contribution < -0.4 is 10.6 Å². The summed E-state index contributed by atoms with van der Waals surface area (Å²) >= 11 is 0. The van der Waals surface area contributed by atoms with Crippen molar-refractivity contribution < 1.29 is 8.83 Å². The van der Waals surface area contributed by atoms with Crippen molar-refractivity contribution in [2.24, 2.45) is 4.99 Å². The zero-order valence-corrected chi connectivity index (χ0v) is 29.6. The van der Waals surface area contributed by atoms with Crippen molar-refractivity contribution in [1.29, 1.82) is 0 Å². The molecule has 8 aromatic rings. The van der Waals surface area contributed by atoms with Crippen LogP contribution in [0.25, 0.3) is 61.2 Å². The Bertz CT molecular complexity index is 2840. The van der Waals surface area contributed by atoms with Gasteiger partial charge in [0.05, 0.1) is 5.56 Å². The van der Waals surface area contributed by atoms with Crippen molar-refractivity contribution in [3.8, 4) is 22.3 Å². The van der Waals surface area contributed by atoms with E-state index in [4.69, 9.17) is 13.8 Å². The van der Waals surface area contributed by atoms with E-state index < -0.39 is 0 Å². The van der Waals surface area contributed by atoms with Crippen molar-refractivity contribution in [3.05, 3.63) is 173 Å². The predicted octanol–water partition coefficient (Wildman–Crippen LogP) is 11.6. The Kier molecular flexibility index (Phi) is 6.56. The number of hydrogen-bond acceptors (Lipinski definition) is 5. The molecule has 0 bridgehead atoms. The van der Waals surface area contributed by atoms with Crippen LogP contribution in [-0.4, -0.2) is 5.84 Å². The summed E-state index contributed by atoms with van der Waals surface area (Å²) in [6.45, 7) is 4.64. The second-order valence-electron chi connectivity index (χ2n) is 15.1. The van der Waals surface area contributed by atoms with Crippen molar-refractivity contribution >= 4 is 44.8 Å². The number of aryl methyl sites for hydroxylation is 1. The average molecular weight is 688 g/mol. The first kappa shape index (κ1) is 30.5. The maximum atomic E-state index is 6.55. The summed E-state index contributed by atoms with van der Waals surface area (Å²) in [5.74, 6) is 1.87. The molecule has 2 aliphatic carbocycles. The molecule has 6 aromatic carbocycles. The number of benzene rings is 6. The number of furan rings is 2. The molecule has 0 amide bonds. The van der Waals surface area contributed by atoms with Crippen LogP contribution in [0, 0.1) is 0 Å². The van der Waals surface area contributed by atoms with E-state index in [0.717, 1.165) is 68.8 Å². The van der Waals surface area contributed by atoms with E-state index in [2.05, 4.69) is 158 Å². The molecule has 0 saturated heterocycles. The largest absolute Gasteiger partial charge is 0.460 e. The Balaban J connectivity index is 1.01. The number of amidine groups is 1. The molecular formula is C48H37N3O2. The van der Waals surface area contributed by atoms with Gasteiger partial charge in [0.15, 0.2) is 0 Å². The van der Waals surface area contributed by atoms with Gasteiger partial charge in [-0.3, -0.25) is 5.32 Å². The van der Waals surface area contributed by atoms with Gasteiger partial charge < -0.3 is 14.2 Å². The lowest BCUT2D eigenvalue weighted by atomic mass is 9.81. The zero-order valence-electron chi connectivity index (χ0n) is 29.6. The number of para-hydroxylation sites is 2. The summed E-state index contributed by atoms with van der Waals surface area (Å²) in [5, 5.41) is 11.0. The van der Waals surface area contributed by atoms with Crippen LogP contribution in [-0.2, 0) is 11.8 Å². The summed E-state index contributed by atoms with van der Waals surface area (Å²) < 4.78 is 13.1. The molecule has 2 unspecified atom stereocenters. The lowest BCUT2D eigenvalue weighted by Gasteiger charge is -2.32. The second-order valence-corrected chi connectivity index (χ2v) is 15.1. The summed E-state index contributed by atoms with van der Waals surface area (Å²) in [7, 11) is 0. The van der Waals surface area contributed by atoms with Gasteiger partial charge >= 0.3 is 0 Å². The van der Waals surface area contributed by atoms with Gasteiger partial charge in [0.25, 0.3) is 0 Å². The SMILES string of the molecule is CC1(C)c2ccc(-c3cccc(C4N=C(c5cccc6c7c(oc56)CCC=C7)NC(c5ccccc5)N4)c3)cc2-c2ccc3c(oc4ccccc43)c21. The molecule has 0 fully saturated rings. The molecule has 11 rings (SSSR count). The first-order valence-electron chi connectivity index (χ1n) is 18.6. The number of allylic oxidation sites excluding steroid dienone is 1. The molecule has 2 N–H and O–H groups in total. The van der Waals surface area contributed by atoms with Gasteiger partial charge in [-0.25, -0.2) is 4.99 Å². The molecule has 0 saturated carbocycles. The highest BCUT2D eigenvalue weighted by Crippen LogP contribution is 2.53. The van der Waals surface area contributed by atoms with E-state index in [1.165, 1.54) is 44.2 Å². The Morgan fingerprint density at radius 2 is 1.47 bits per heavy atom. The normalized spacial score (nSPS) is 18.5. The van der Waals surface area contributed by atoms with Crippen molar-refractivity contribution in [2.45, 2.75) is 44.4 Å². The minimum Gasteiger partial charge on any atom is -0.460 e. The van der Waals surface area contributed by atoms with Crippen LogP contribution in [0.1, 0.15) is 71.7 Å². The smallest absolute Gasteiger partial charge is 0.145 e. The highest BCUT2D eigenvalue weighted by Gasteiger charge is 2.39. The highest BCUT2D eigenvalue weighted by molar-refractivity contribution is 6.11. The fraction of sp³-hybridized carbons (Fsp3) is 0.146. The minimum atomic E-state index is -0.286. The number of hydrogen-bond donors (Lipinski definition) is 2. The molecule has 256 valence electrons. The van der Waals surface area contributed by atoms with Crippen LogP contribution in [0.15, 0.2) is 147 Å². The van der Waals surface area contributed by atoms with Gasteiger partial charge in [-0.05, 0) is 75.7 Å². The molecule has 2 atom stereocenters. The number of rotatable bonds is 4. The van der Waals surface area contributed by atoms with Crippen LogP contribution in [0.2, 0.25) is 0 Å². The predicted molar refractivity (Wildman–Crippen MR) is 215 cm³/mol. The molecular weight excluding hydrogens is 651 g/mol. The van der Waals surface area contributed by atoms with E-state index in [0.29, 0.717) is 0 Å². The minimum absolute atomic E-state index is 0.147. The fourth-order valence-corrected chi connectivity index (χ4v) is 8.99. The van der Waals surface area contributed by atoms with E-state index in [-0.39, 0.29) is 17.7 Å². The third-order valence-electron chi connectivity index (χ3n) is 11.6. The molecule has 2 aromatic heterocycles. The third-order valence-corrected chi connectivity index (χ3v) is 11.6. The Morgan fingerprint density at radius 3 is 2.40 bits per heavy atom. The van der Waals surface area contributed by atoms with Crippen LogP contribution in [0.3, 0.4) is 0 Å². The van der Waals surface area contributed by atoms with Gasteiger partial charge in [-0.2, -0.15) is 0 Å². The molecule has 0 spiro atoms. The van der Waals surface area contributed by atoms with Gasteiger partial charge in [0.1, 0.15) is 40.7 Å². The number of aliphatic imine (C=N–C) groups is 1. The molecule has 1 aliphatic heterocycles. The summed E-state index contributed by atoms with van der Waals surface area (Å²) in [4.78, 5) is 5.35. The zero-order chi connectivity index (χ0) is 35.3. The first-order chi connectivity index (χ1) is 26.0. The Morgan fingerprint density at radius 1 is 0.660 bits per heavy atom. The molecule has 5 heteroatoms. The van der Waals surface area contributed by atoms with E-state index in [1.54, 1.807) is 0 Å². The average Bonchev–Trinajstić information content (AvgIpc) is 3.85. The van der Waals surface area contributed by atoms with Gasteiger partial charge in [0.2, 0.25) is 0 Å². The third kappa shape index (κ3) is 4.63. The monoisotopic (exact) mass is 687 g/mol. The first-order valence-corrected chi connectivity index (χ1v) is 18.6. The lowest BCUT2D eigenvalue weighted by molar-refractivity contribution is 0.409. The highest BCUT2D eigenvalue weighted by atomic mass is 16.3. The summed E-state index contributed by atoms with van der Waals surface area (Å²) in [6.07, 6.45) is 5.92. The summed E-state index contributed by atoms with van der Waals surface area (Å²) in [5.41, 5.74) is 14.5. The van der Waals surface area contributed by atoms with Gasteiger partial charge in [-0.1, -0.05) is 123 Å². The molecule has 0 radical (unpaired) electrons. The van der Waals surface area contributed by atoms with Crippen molar-refractivity contribution in [3.63, 3.8) is 0 Å². The maximum absolute atomic E-state index is 6.55. The van der Waals surface area contributed by atoms with Crippen molar-refractivity contribution in [2.75, 3.05) is 0 Å². The molecule has 3 heterocycles. The molecule has 3 aliphatic rings. The Hall–Kier alpha value is -6.17. The van der Waals surface area contributed by atoms with E-state index >= 15 is 0 Å². The van der Waals surface area contributed by atoms with Gasteiger partial charge in [-0.15, -0.1) is 0 Å². The lowest BCUT2D eigenvalue weighted by Crippen LogP contribution is -2.45. The molecule has 5 nitrogen and oxygen atoms in total. The molecule has 53 heavy (non-hydrogen) atoms. The van der Waals surface area contributed by atoms with Crippen LogP contribution in [0.4, 0.5) is 0 Å². The standard InChI is InChI=1S/C48H37N3O2/c1-48(2)39-25-22-30(27-38(39)34-23-24-36-33-17-7-9-21-41(33)53-44(36)42(34)48)29-14-10-15-31(26-29)46-49-45(28-12-4-3-5-13-28)50-47(51-46)37-19-11-18-35-32-16-6-8-20-40(32)52-43(35)37/h3-7,9-19,21-27,45-46,49H,8,20H2,1-2H3,(H,50,51). The van der Waals surface area contributed by atoms with E-state index in [9.17, 15) is 0 Å². The second kappa shape index (κ2) is 11.4. The van der Waals surface area contributed by atoms with Crippen LogP contribution in [0.5, 0.6) is 0 Å². The number of nitrogens with zero attached hydrogens (tertiary/aromatic N) is 1. The van der Waals surface area contributed by atoms with Crippen LogP contribution >= 0.6 is 0 Å². The quantitative estimate of drug-likeness (QED) is 0.193. The Labute approximate surface area is 307 Å².